The van der Waals surface area contributed by atoms with Crippen LogP contribution in [-0.4, -0.2) is 23.1 Å². The van der Waals surface area contributed by atoms with Gasteiger partial charge in [0.25, 0.3) is 0 Å². The summed E-state index contributed by atoms with van der Waals surface area (Å²) in [5.74, 6) is 0. The molecule has 3 heteroatoms. The smallest absolute Gasteiger partial charge is 0.191 e. The molecule has 2 aliphatic heterocycles. The van der Waals surface area contributed by atoms with E-state index in [2.05, 4.69) is 0 Å². The second-order valence-corrected chi connectivity index (χ2v) is 3.73. The van der Waals surface area contributed by atoms with Crippen LogP contribution < -0.4 is 0 Å². The molecule has 50 valence electrons. The Labute approximate surface area is 58.0 Å². The quantitative estimate of drug-likeness (QED) is 0.503. The summed E-state index contributed by atoms with van der Waals surface area (Å²) in [6, 6.07) is 0. The molecule has 2 atom stereocenters. The van der Waals surface area contributed by atoms with Crippen molar-refractivity contribution in [2.45, 2.75) is 24.2 Å². The van der Waals surface area contributed by atoms with Crippen molar-refractivity contribution in [3.63, 3.8) is 0 Å². The van der Waals surface area contributed by atoms with Crippen molar-refractivity contribution in [3.8, 4) is 0 Å². The van der Waals surface area contributed by atoms with Gasteiger partial charge in [-0.2, -0.15) is 0 Å². The lowest BCUT2D eigenvalue weighted by atomic mass is 10.2. The van der Waals surface area contributed by atoms with E-state index in [4.69, 9.17) is 4.74 Å². The molecule has 0 aromatic carbocycles. The van der Waals surface area contributed by atoms with Crippen LogP contribution in [0.25, 0.3) is 0 Å². The molecule has 2 unspecified atom stereocenters. The first-order chi connectivity index (χ1) is 4.36. The summed E-state index contributed by atoms with van der Waals surface area (Å²) in [4.78, 5) is 10.7. The van der Waals surface area contributed by atoms with Crippen LogP contribution in [0, 0.1) is 0 Å². The highest BCUT2D eigenvalue weighted by Crippen LogP contribution is 2.36. The van der Waals surface area contributed by atoms with E-state index in [-0.39, 0.29) is 6.10 Å². The minimum atomic E-state index is 0.266. The van der Waals surface area contributed by atoms with E-state index in [0.29, 0.717) is 16.8 Å². The third kappa shape index (κ3) is 0.883. The largest absolute Gasteiger partial charge is 0.377 e. The molecule has 9 heavy (non-hydrogen) atoms. The average Bonchev–Trinajstić information content (AvgIpc) is 2.22. The number of rotatable bonds is 0. The number of carbonyl (C=O) groups is 1. The molecule has 0 saturated carbocycles. The Morgan fingerprint density at radius 1 is 1.67 bits per heavy atom. The van der Waals surface area contributed by atoms with Gasteiger partial charge in [-0.3, -0.25) is 4.79 Å². The highest BCUT2D eigenvalue weighted by atomic mass is 32.2. The molecule has 2 aliphatic rings. The molecule has 2 rings (SSSR count). The van der Waals surface area contributed by atoms with E-state index in [1.54, 1.807) is 0 Å². The first-order valence-electron chi connectivity index (χ1n) is 3.17. The Balaban J connectivity index is 2.09. The molecule has 0 aromatic rings. The van der Waals surface area contributed by atoms with E-state index in [9.17, 15) is 4.79 Å². The number of hydrogen-bond acceptors (Lipinski definition) is 3. The molecule has 0 radical (unpaired) electrons. The van der Waals surface area contributed by atoms with Gasteiger partial charge in [-0.15, -0.1) is 0 Å². The van der Waals surface area contributed by atoms with Gasteiger partial charge in [0, 0.05) is 18.3 Å². The van der Waals surface area contributed by atoms with Gasteiger partial charge < -0.3 is 4.74 Å². The first-order valence-corrected chi connectivity index (χ1v) is 4.05. The minimum absolute atomic E-state index is 0.266. The third-order valence-corrected chi connectivity index (χ3v) is 3.07. The lowest BCUT2D eigenvalue weighted by molar-refractivity contribution is -0.112. The zero-order valence-corrected chi connectivity index (χ0v) is 5.82. The van der Waals surface area contributed by atoms with Gasteiger partial charge in [0.05, 0.1) is 6.10 Å². The summed E-state index contributed by atoms with van der Waals surface area (Å²) < 4.78 is 5.31. The molecule has 0 aliphatic carbocycles. The summed E-state index contributed by atoms with van der Waals surface area (Å²) in [5.41, 5.74) is 0. The molecule has 2 saturated heterocycles. The van der Waals surface area contributed by atoms with Crippen LogP contribution in [0.2, 0.25) is 0 Å². The number of fused-ring (bicyclic) bond motifs is 1. The second kappa shape index (κ2) is 1.99. The summed E-state index contributed by atoms with van der Waals surface area (Å²) in [7, 11) is 0. The van der Waals surface area contributed by atoms with E-state index in [0.717, 1.165) is 13.0 Å². The monoisotopic (exact) mass is 144 g/mol. The van der Waals surface area contributed by atoms with Crippen LogP contribution in [0.3, 0.4) is 0 Å². The van der Waals surface area contributed by atoms with Gasteiger partial charge in [0.1, 0.15) is 0 Å². The normalized spacial score (nSPS) is 41.6. The van der Waals surface area contributed by atoms with Crippen molar-refractivity contribution < 1.29 is 9.53 Å². The van der Waals surface area contributed by atoms with Crippen molar-refractivity contribution in [2.24, 2.45) is 0 Å². The fourth-order valence-electron chi connectivity index (χ4n) is 1.34. The van der Waals surface area contributed by atoms with Crippen LogP contribution in [0.1, 0.15) is 12.8 Å². The molecule has 2 nitrogen and oxygen atoms in total. The summed E-state index contributed by atoms with van der Waals surface area (Å²) in [6.07, 6.45) is 1.98. The average molecular weight is 144 g/mol. The van der Waals surface area contributed by atoms with Crippen molar-refractivity contribution in [2.75, 3.05) is 6.61 Å². The van der Waals surface area contributed by atoms with E-state index >= 15 is 0 Å². The zero-order chi connectivity index (χ0) is 6.27. The predicted molar refractivity (Wildman–Crippen MR) is 35.4 cm³/mol. The van der Waals surface area contributed by atoms with Crippen LogP contribution in [-0.2, 0) is 9.53 Å². The zero-order valence-electron chi connectivity index (χ0n) is 5.00. The maximum Gasteiger partial charge on any atom is 0.191 e. The number of ether oxygens (including phenoxy) is 1. The third-order valence-electron chi connectivity index (χ3n) is 1.80. The van der Waals surface area contributed by atoms with Crippen LogP contribution in [0.5, 0.6) is 0 Å². The van der Waals surface area contributed by atoms with Crippen molar-refractivity contribution in [3.05, 3.63) is 0 Å². The summed E-state index contributed by atoms with van der Waals surface area (Å²) in [5, 5.41) is 0.808. The Kier molecular flexibility index (Phi) is 1.27. The Hall–Kier alpha value is -0.0200. The first kappa shape index (κ1) is 5.74. The minimum Gasteiger partial charge on any atom is -0.377 e. The topological polar surface area (TPSA) is 26.3 Å². The van der Waals surface area contributed by atoms with Gasteiger partial charge in [-0.1, -0.05) is 11.8 Å². The lowest BCUT2D eigenvalue weighted by Crippen LogP contribution is -2.10. The maximum atomic E-state index is 10.7. The van der Waals surface area contributed by atoms with Crippen LogP contribution in [0.15, 0.2) is 0 Å². The predicted octanol–water partition coefficient (Wildman–Crippen LogP) is 0.807. The van der Waals surface area contributed by atoms with Crippen molar-refractivity contribution in [1.29, 1.82) is 0 Å². The Bertz CT molecular complexity index is 132. The van der Waals surface area contributed by atoms with Gasteiger partial charge in [0.15, 0.2) is 5.12 Å². The van der Waals surface area contributed by atoms with Gasteiger partial charge in [0.2, 0.25) is 0 Å². The molecule has 0 bridgehead atoms. The Morgan fingerprint density at radius 2 is 2.56 bits per heavy atom. The highest BCUT2D eigenvalue weighted by Gasteiger charge is 2.38. The van der Waals surface area contributed by atoms with E-state index in [1.165, 1.54) is 11.8 Å². The Morgan fingerprint density at radius 3 is 3.33 bits per heavy atom. The van der Waals surface area contributed by atoms with Crippen LogP contribution >= 0.6 is 11.8 Å². The van der Waals surface area contributed by atoms with Gasteiger partial charge in [-0.25, -0.2) is 0 Å². The van der Waals surface area contributed by atoms with E-state index in [1.807, 2.05) is 0 Å². The summed E-state index contributed by atoms with van der Waals surface area (Å²) >= 11 is 1.47. The number of carbonyl (C=O) groups excluding carboxylic acids is 1. The highest BCUT2D eigenvalue weighted by molar-refractivity contribution is 8.14. The fourth-order valence-corrected chi connectivity index (χ4v) is 2.47. The molecule has 0 spiro atoms. The molecule has 0 N–H and O–H groups in total. The summed E-state index contributed by atoms with van der Waals surface area (Å²) in [6.45, 7) is 0.857. The van der Waals surface area contributed by atoms with E-state index < -0.39 is 0 Å². The number of hydrogen-bond donors (Lipinski definition) is 0. The molecular weight excluding hydrogens is 136 g/mol. The molecular formula is C6H8O2S. The van der Waals surface area contributed by atoms with Crippen molar-refractivity contribution in [1.82, 2.24) is 0 Å². The van der Waals surface area contributed by atoms with Crippen LogP contribution in [0.4, 0.5) is 0 Å². The molecule has 2 heterocycles. The lowest BCUT2D eigenvalue weighted by Gasteiger charge is -2.01. The standard InChI is InChI=1S/C6H8O2S/c7-6-3-4-5(9-6)1-2-8-4/h4-5H,1-3H2. The second-order valence-electron chi connectivity index (χ2n) is 2.43. The maximum absolute atomic E-state index is 10.7. The van der Waals surface area contributed by atoms with Crippen molar-refractivity contribution >= 4 is 16.9 Å². The molecule has 2 fully saturated rings. The van der Waals surface area contributed by atoms with Gasteiger partial charge in [-0.05, 0) is 6.42 Å². The SMILES string of the molecule is O=C1CC2OCCC2S1. The fraction of sp³-hybridized carbons (Fsp3) is 0.833. The molecule has 0 amide bonds. The number of thioether (sulfide) groups is 1. The molecule has 0 aromatic heterocycles. The van der Waals surface area contributed by atoms with Gasteiger partial charge >= 0.3 is 0 Å².